The van der Waals surface area contributed by atoms with Gasteiger partial charge in [0.25, 0.3) is 5.91 Å². The largest absolute Gasteiger partial charge is 0.384 e. The van der Waals surface area contributed by atoms with Crippen molar-refractivity contribution >= 4 is 49.1 Å². The number of rotatable bonds is 2. The fourth-order valence-electron chi connectivity index (χ4n) is 2.27. The molecule has 2 aromatic carbocycles. The number of benzene rings is 2. The Morgan fingerprint density at radius 1 is 1.10 bits per heavy atom. The molecule has 2 aromatic rings. The van der Waals surface area contributed by atoms with Crippen LogP contribution in [0.3, 0.4) is 0 Å². The summed E-state index contributed by atoms with van der Waals surface area (Å²) in [6.45, 7) is 0.964. The summed E-state index contributed by atoms with van der Waals surface area (Å²) in [7, 11) is 0. The first-order chi connectivity index (χ1) is 9.61. The molecule has 0 radical (unpaired) electrons. The van der Waals surface area contributed by atoms with Crippen LogP contribution in [0, 0.1) is 0 Å². The summed E-state index contributed by atoms with van der Waals surface area (Å²) in [6.07, 6.45) is 1.00. The molecule has 0 atom stereocenters. The highest BCUT2D eigenvalue weighted by Gasteiger charge is 2.12. The van der Waals surface area contributed by atoms with Crippen LogP contribution in [-0.4, -0.2) is 12.5 Å². The summed E-state index contributed by atoms with van der Waals surface area (Å²) in [6, 6.07) is 11.5. The number of anilines is 2. The van der Waals surface area contributed by atoms with Crippen molar-refractivity contribution < 1.29 is 4.79 Å². The Labute approximate surface area is 134 Å². The van der Waals surface area contributed by atoms with Crippen LogP contribution in [0.2, 0.25) is 0 Å². The highest BCUT2D eigenvalue weighted by molar-refractivity contribution is 9.11. The number of nitrogens with one attached hydrogen (secondary N) is 2. The Morgan fingerprint density at radius 3 is 2.60 bits per heavy atom. The van der Waals surface area contributed by atoms with Gasteiger partial charge in [-0.1, -0.05) is 31.9 Å². The zero-order valence-electron chi connectivity index (χ0n) is 10.5. The fraction of sp³-hybridized carbons (Fsp3) is 0.133. The van der Waals surface area contributed by atoms with Crippen molar-refractivity contribution in [2.24, 2.45) is 0 Å². The lowest BCUT2D eigenvalue weighted by molar-refractivity contribution is 0.102. The third kappa shape index (κ3) is 2.88. The standard InChI is InChI=1S/C15H12Br2N2O/c16-11-5-10(6-12(17)8-11)15(20)19-13-1-2-14-9(7-13)3-4-18-14/h1-2,5-8,18H,3-4H2,(H,19,20). The van der Waals surface area contributed by atoms with Crippen LogP contribution in [0.5, 0.6) is 0 Å². The predicted molar refractivity (Wildman–Crippen MR) is 88.4 cm³/mol. The minimum absolute atomic E-state index is 0.113. The van der Waals surface area contributed by atoms with E-state index >= 15 is 0 Å². The van der Waals surface area contributed by atoms with Crippen LogP contribution in [0.4, 0.5) is 11.4 Å². The Hall–Kier alpha value is -1.33. The average Bonchev–Trinajstić information content (AvgIpc) is 2.85. The Bertz CT molecular complexity index is 665. The van der Waals surface area contributed by atoms with E-state index in [0.717, 1.165) is 33.3 Å². The average molecular weight is 396 g/mol. The SMILES string of the molecule is O=C(Nc1ccc2c(c1)CCN2)c1cc(Br)cc(Br)c1. The van der Waals surface area contributed by atoms with E-state index in [-0.39, 0.29) is 5.91 Å². The van der Waals surface area contributed by atoms with Gasteiger partial charge in [0.05, 0.1) is 0 Å². The number of hydrogen-bond acceptors (Lipinski definition) is 2. The lowest BCUT2D eigenvalue weighted by Crippen LogP contribution is -2.12. The molecule has 0 aliphatic carbocycles. The highest BCUT2D eigenvalue weighted by Crippen LogP contribution is 2.26. The second-order valence-corrected chi connectivity index (χ2v) is 6.49. The zero-order chi connectivity index (χ0) is 14.1. The van der Waals surface area contributed by atoms with Gasteiger partial charge >= 0.3 is 0 Å². The van der Waals surface area contributed by atoms with E-state index in [1.54, 1.807) is 12.1 Å². The third-order valence-corrected chi connectivity index (χ3v) is 4.11. The molecule has 0 unspecified atom stereocenters. The van der Waals surface area contributed by atoms with Gasteiger partial charge in [-0.25, -0.2) is 0 Å². The van der Waals surface area contributed by atoms with Gasteiger partial charge in [-0.05, 0) is 48.4 Å². The molecular weight excluding hydrogens is 384 g/mol. The molecule has 3 rings (SSSR count). The molecular formula is C15H12Br2N2O. The Morgan fingerprint density at radius 2 is 1.85 bits per heavy atom. The molecule has 0 saturated heterocycles. The first kappa shape index (κ1) is 13.6. The lowest BCUT2D eigenvalue weighted by atomic mass is 10.1. The summed E-state index contributed by atoms with van der Waals surface area (Å²) in [4.78, 5) is 12.3. The summed E-state index contributed by atoms with van der Waals surface area (Å²) >= 11 is 6.78. The Balaban J connectivity index is 1.82. The lowest BCUT2D eigenvalue weighted by Gasteiger charge is -2.08. The summed E-state index contributed by atoms with van der Waals surface area (Å²) in [5, 5.41) is 6.24. The van der Waals surface area contributed by atoms with Gasteiger partial charge in [-0.15, -0.1) is 0 Å². The van der Waals surface area contributed by atoms with Crippen molar-refractivity contribution in [3.05, 3.63) is 56.5 Å². The molecule has 0 fully saturated rings. The molecule has 0 aromatic heterocycles. The van der Waals surface area contributed by atoms with Crippen molar-refractivity contribution in [2.45, 2.75) is 6.42 Å². The molecule has 3 nitrogen and oxygen atoms in total. The first-order valence-electron chi connectivity index (χ1n) is 6.26. The molecule has 0 saturated carbocycles. The number of carbonyl (C=O) groups excluding carboxylic acids is 1. The van der Waals surface area contributed by atoms with E-state index in [1.807, 2.05) is 24.3 Å². The van der Waals surface area contributed by atoms with E-state index in [0.29, 0.717) is 5.56 Å². The predicted octanol–water partition coefficient (Wildman–Crippen LogP) is 4.43. The molecule has 1 aliphatic heterocycles. The van der Waals surface area contributed by atoms with Crippen molar-refractivity contribution in [3.8, 4) is 0 Å². The van der Waals surface area contributed by atoms with Gasteiger partial charge in [0, 0.05) is 32.4 Å². The minimum atomic E-state index is -0.113. The van der Waals surface area contributed by atoms with Gasteiger partial charge in [0.2, 0.25) is 0 Å². The zero-order valence-corrected chi connectivity index (χ0v) is 13.7. The topological polar surface area (TPSA) is 41.1 Å². The van der Waals surface area contributed by atoms with Crippen LogP contribution < -0.4 is 10.6 Å². The molecule has 5 heteroatoms. The van der Waals surface area contributed by atoms with Crippen LogP contribution in [0.1, 0.15) is 15.9 Å². The molecule has 1 aliphatic rings. The monoisotopic (exact) mass is 394 g/mol. The number of amides is 1. The van der Waals surface area contributed by atoms with E-state index < -0.39 is 0 Å². The maximum Gasteiger partial charge on any atom is 0.255 e. The molecule has 0 bridgehead atoms. The smallest absolute Gasteiger partial charge is 0.255 e. The molecule has 1 heterocycles. The van der Waals surface area contributed by atoms with Gasteiger partial charge in [-0.3, -0.25) is 4.79 Å². The van der Waals surface area contributed by atoms with Crippen molar-refractivity contribution in [3.63, 3.8) is 0 Å². The van der Waals surface area contributed by atoms with Crippen molar-refractivity contribution in [2.75, 3.05) is 17.2 Å². The molecule has 102 valence electrons. The highest BCUT2D eigenvalue weighted by atomic mass is 79.9. The first-order valence-corrected chi connectivity index (χ1v) is 7.85. The molecule has 20 heavy (non-hydrogen) atoms. The van der Waals surface area contributed by atoms with E-state index in [1.165, 1.54) is 5.56 Å². The van der Waals surface area contributed by atoms with E-state index in [9.17, 15) is 4.79 Å². The maximum atomic E-state index is 12.3. The van der Waals surface area contributed by atoms with Gasteiger partial charge in [0.15, 0.2) is 0 Å². The molecule has 1 amide bonds. The van der Waals surface area contributed by atoms with E-state index in [2.05, 4.69) is 42.5 Å². The Kier molecular flexibility index (Phi) is 3.81. The quantitative estimate of drug-likeness (QED) is 0.789. The summed E-state index contributed by atoms with van der Waals surface area (Å²) in [5.74, 6) is -0.113. The molecule has 2 N–H and O–H groups in total. The second-order valence-electron chi connectivity index (χ2n) is 4.66. The maximum absolute atomic E-state index is 12.3. The minimum Gasteiger partial charge on any atom is -0.384 e. The number of halogens is 2. The van der Waals surface area contributed by atoms with Crippen molar-refractivity contribution in [1.82, 2.24) is 0 Å². The van der Waals surface area contributed by atoms with Crippen LogP contribution in [-0.2, 0) is 6.42 Å². The normalized spacial score (nSPS) is 12.7. The molecule has 0 spiro atoms. The van der Waals surface area contributed by atoms with E-state index in [4.69, 9.17) is 0 Å². The number of hydrogen-bond donors (Lipinski definition) is 2. The van der Waals surface area contributed by atoms with Gasteiger partial charge < -0.3 is 10.6 Å². The summed E-state index contributed by atoms with van der Waals surface area (Å²) < 4.78 is 1.74. The number of fused-ring (bicyclic) bond motifs is 1. The van der Waals surface area contributed by atoms with Gasteiger partial charge in [0.1, 0.15) is 0 Å². The van der Waals surface area contributed by atoms with Crippen LogP contribution in [0.25, 0.3) is 0 Å². The van der Waals surface area contributed by atoms with Crippen molar-refractivity contribution in [1.29, 1.82) is 0 Å². The third-order valence-electron chi connectivity index (χ3n) is 3.20. The fourth-order valence-corrected chi connectivity index (χ4v) is 3.56. The number of carbonyl (C=O) groups is 1. The van der Waals surface area contributed by atoms with Crippen LogP contribution >= 0.6 is 31.9 Å². The summed E-state index contributed by atoms with van der Waals surface area (Å²) in [5.41, 5.74) is 3.85. The second kappa shape index (κ2) is 5.58. The van der Waals surface area contributed by atoms with Crippen LogP contribution in [0.15, 0.2) is 45.3 Å². The van der Waals surface area contributed by atoms with Gasteiger partial charge in [-0.2, -0.15) is 0 Å².